The fourth-order valence-corrected chi connectivity index (χ4v) is 1.07. The van der Waals surface area contributed by atoms with Gasteiger partial charge < -0.3 is 11.1 Å². The van der Waals surface area contributed by atoms with Crippen molar-refractivity contribution in [1.29, 1.82) is 0 Å². The van der Waals surface area contributed by atoms with Crippen molar-refractivity contribution in [2.24, 2.45) is 5.73 Å². The SMILES string of the molecule is C=[N-].NCCc1cccc(C(F)(F)F)c1.[K+]. The molecular formula is C10H12F3KN2. The molecular weight excluding hydrogens is 244 g/mol. The van der Waals surface area contributed by atoms with Crippen molar-refractivity contribution in [1.82, 2.24) is 0 Å². The van der Waals surface area contributed by atoms with E-state index < -0.39 is 11.7 Å². The maximum absolute atomic E-state index is 12.2. The predicted octanol–water partition coefficient (Wildman–Crippen LogP) is -0.533. The smallest absolute Gasteiger partial charge is 0.817 e. The Morgan fingerprint density at radius 2 is 1.81 bits per heavy atom. The Morgan fingerprint density at radius 1 is 1.25 bits per heavy atom. The van der Waals surface area contributed by atoms with Crippen LogP contribution in [0, 0.1) is 0 Å². The molecule has 0 bridgehead atoms. The minimum atomic E-state index is -4.26. The summed E-state index contributed by atoms with van der Waals surface area (Å²) in [5, 5.41) is 6.75. The minimum absolute atomic E-state index is 0. The molecule has 0 aromatic heterocycles. The van der Waals surface area contributed by atoms with Crippen molar-refractivity contribution in [3.63, 3.8) is 0 Å². The fourth-order valence-electron chi connectivity index (χ4n) is 1.07. The molecule has 84 valence electrons. The van der Waals surface area contributed by atoms with Gasteiger partial charge in [0.25, 0.3) is 0 Å². The van der Waals surface area contributed by atoms with Gasteiger partial charge in [0.2, 0.25) is 0 Å². The summed E-state index contributed by atoms with van der Waals surface area (Å²) in [5.41, 5.74) is 5.25. The van der Waals surface area contributed by atoms with Crippen LogP contribution in [0.5, 0.6) is 0 Å². The molecule has 0 aliphatic carbocycles. The Bertz CT molecular complexity index is 302. The number of benzene rings is 1. The summed E-state index contributed by atoms with van der Waals surface area (Å²) < 4.78 is 36.5. The van der Waals surface area contributed by atoms with Crippen LogP contribution in [-0.2, 0) is 12.6 Å². The van der Waals surface area contributed by atoms with E-state index in [1.807, 2.05) is 0 Å². The Balaban J connectivity index is 0. The van der Waals surface area contributed by atoms with E-state index >= 15 is 0 Å². The van der Waals surface area contributed by atoms with Crippen molar-refractivity contribution >= 4 is 6.72 Å². The molecule has 0 atom stereocenters. The van der Waals surface area contributed by atoms with Gasteiger partial charge in [-0.05, 0) is 24.6 Å². The average Bonchev–Trinajstić information content (AvgIpc) is 2.21. The van der Waals surface area contributed by atoms with Gasteiger partial charge in [-0.25, -0.2) is 6.72 Å². The van der Waals surface area contributed by atoms with Gasteiger partial charge in [-0.15, -0.1) is 0 Å². The molecule has 1 aromatic carbocycles. The van der Waals surface area contributed by atoms with E-state index in [-0.39, 0.29) is 51.4 Å². The molecule has 0 aliphatic rings. The van der Waals surface area contributed by atoms with Crippen LogP contribution in [0.25, 0.3) is 5.41 Å². The summed E-state index contributed by atoms with van der Waals surface area (Å²) in [6.07, 6.45) is -3.78. The molecule has 0 radical (unpaired) electrons. The molecule has 2 nitrogen and oxygen atoms in total. The van der Waals surface area contributed by atoms with E-state index in [0.717, 1.165) is 12.1 Å². The first kappa shape index (κ1) is 18.6. The molecule has 16 heavy (non-hydrogen) atoms. The van der Waals surface area contributed by atoms with Gasteiger partial charge in [0.15, 0.2) is 0 Å². The predicted molar refractivity (Wildman–Crippen MR) is 54.7 cm³/mol. The Morgan fingerprint density at radius 3 is 2.25 bits per heavy atom. The van der Waals surface area contributed by atoms with Crippen LogP contribution in [0.4, 0.5) is 13.2 Å². The zero-order valence-corrected chi connectivity index (χ0v) is 12.2. The van der Waals surface area contributed by atoms with E-state index in [4.69, 9.17) is 11.1 Å². The van der Waals surface area contributed by atoms with Gasteiger partial charge in [0, 0.05) is 0 Å². The first-order valence-electron chi connectivity index (χ1n) is 4.22. The van der Waals surface area contributed by atoms with E-state index in [9.17, 15) is 13.2 Å². The summed E-state index contributed by atoms with van der Waals surface area (Å²) in [6.45, 7) is 2.61. The molecule has 1 aromatic rings. The molecule has 0 heterocycles. The van der Waals surface area contributed by atoms with Crippen molar-refractivity contribution in [3.8, 4) is 0 Å². The van der Waals surface area contributed by atoms with E-state index in [1.54, 1.807) is 6.07 Å². The Kier molecular flexibility index (Phi) is 10.9. The molecule has 6 heteroatoms. The van der Waals surface area contributed by atoms with Crippen molar-refractivity contribution in [2.75, 3.05) is 6.54 Å². The van der Waals surface area contributed by atoms with Gasteiger partial charge in [-0.2, -0.15) is 13.2 Å². The third-order valence-corrected chi connectivity index (χ3v) is 1.69. The van der Waals surface area contributed by atoms with Crippen LogP contribution in [0.15, 0.2) is 24.3 Å². The summed E-state index contributed by atoms with van der Waals surface area (Å²) in [6, 6.07) is 5.22. The average molecular weight is 256 g/mol. The van der Waals surface area contributed by atoms with E-state index in [1.165, 1.54) is 6.07 Å². The van der Waals surface area contributed by atoms with Gasteiger partial charge >= 0.3 is 57.6 Å². The second-order valence-corrected chi connectivity index (χ2v) is 2.74. The first-order valence-corrected chi connectivity index (χ1v) is 4.22. The maximum atomic E-state index is 12.2. The van der Waals surface area contributed by atoms with Gasteiger partial charge in [-0.1, -0.05) is 18.2 Å². The molecule has 2 N–H and O–H groups in total. The minimum Gasteiger partial charge on any atom is -0.817 e. The fraction of sp³-hybridized carbons (Fsp3) is 0.300. The monoisotopic (exact) mass is 256 g/mol. The number of hydrogen-bond donors (Lipinski definition) is 1. The van der Waals surface area contributed by atoms with Crippen LogP contribution in [-0.4, -0.2) is 13.3 Å². The number of nitrogens with two attached hydrogens (primary N) is 1. The summed E-state index contributed by atoms with van der Waals surface area (Å²) >= 11 is 0. The van der Waals surface area contributed by atoms with Crippen LogP contribution < -0.4 is 57.1 Å². The Labute approximate surface area is 135 Å². The molecule has 0 saturated carbocycles. The molecule has 1 rings (SSSR count). The van der Waals surface area contributed by atoms with Crippen molar-refractivity contribution in [2.45, 2.75) is 12.6 Å². The van der Waals surface area contributed by atoms with Crippen LogP contribution in [0.1, 0.15) is 11.1 Å². The number of nitrogens with zero attached hydrogens (tertiary/aromatic N) is 1. The third kappa shape index (κ3) is 6.77. The van der Waals surface area contributed by atoms with Crippen LogP contribution in [0.2, 0.25) is 0 Å². The number of alkyl halides is 3. The van der Waals surface area contributed by atoms with Crippen molar-refractivity contribution < 1.29 is 64.6 Å². The molecule has 0 saturated heterocycles. The first-order chi connectivity index (χ1) is 7.04. The number of rotatable bonds is 2. The third-order valence-electron chi connectivity index (χ3n) is 1.69. The second-order valence-electron chi connectivity index (χ2n) is 2.74. The molecule has 0 unspecified atom stereocenters. The standard InChI is InChI=1S/C9H10F3N.CH2N.K/c10-9(11,12)8-3-1-2-7(6-8)4-5-13;1-2;/h1-3,6H,4-5,13H2;1H2;/q;-1;+1. The molecule has 0 amide bonds. The molecule has 0 fully saturated rings. The topological polar surface area (TPSA) is 48.3 Å². The molecule has 0 aliphatic heterocycles. The summed E-state index contributed by atoms with van der Waals surface area (Å²) in [5.74, 6) is 0. The largest absolute Gasteiger partial charge is 1.00 e. The zero-order valence-electron chi connectivity index (χ0n) is 9.09. The Hall–Kier alpha value is 0.276. The van der Waals surface area contributed by atoms with Gasteiger partial charge in [-0.3, -0.25) is 0 Å². The second kappa shape index (κ2) is 9.32. The normalized spacial score (nSPS) is 9.75. The zero-order chi connectivity index (χ0) is 11.9. The van der Waals surface area contributed by atoms with Crippen molar-refractivity contribution in [3.05, 3.63) is 40.8 Å². The van der Waals surface area contributed by atoms with E-state index in [2.05, 4.69) is 6.72 Å². The molecule has 0 spiro atoms. The van der Waals surface area contributed by atoms with Gasteiger partial charge in [0.05, 0.1) is 5.56 Å². The van der Waals surface area contributed by atoms with Crippen LogP contribution in [0.3, 0.4) is 0 Å². The quantitative estimate of drug-likeness (QED) is 0.561. The maximum Gasteiger partial charge on any atom is 1.00 e. The number of halogens is 3. The number of hydrogen-bond acceptors (Lipinski definition) is 1. The van der Waals surface area contributed by atoms with Gasteiger partial charge in [0.1, 0.15) is 0 Å². The summed E-state index contributed by atoms with van der Waals surface area (Å²) in [4.78, 5) is 0. The summed E-state index contributed by atoms with van der Waals surface area (Å²) in [7, 11) is 0. The van der Waals surface area contributed by atoms with Crippen LogP contribution >= 0.6 is 0 Å². The van der Waals surface area contributed by atoms with E-state index in [0.29, 0.717) is 18.5 Å².